The van der Waals surface area contributed by atoms with Gasteiger partial charge in [-0.1, -0.05) is 6.08 Å². The van der Waals surface area contributed by atoms with Crippen molar-refractivity contribution in [2.24, 2.45) is 5.73 Å². The molecule has 0 saturated carbocycles. The van der Waals surface area contributed by atoms with Crippen LogP contribution in [0.25, 0.3) is 0 Å². The zero-order chi connectivity index (χ0) is 9.28. The number of rotatable bonds is 2. The van der Waals surface area contributed by atoms with Gasteiger partial charge in [-0.25, -0.2) is 0 Å². The molecule has 0 bridgehead atoms. The van der Waals surface area contributed by atoms with E-state index in [1.165, 1.54) is 0 Å². The van der Waals surface area contributed by atoms with E-state index in [4.69, 9.17) is 10.2 Å². The van der Waals surface area contributed by atoms with Crippen LogP contribution < -0.4 is 11.1 Å². The van der Waals surface area contributed by atoms with Crippen LogP contribution in [0.4, 0.5) is 0 Å². The first-order valence-electron chi connectivity index (χ1n) is 2.56. The molecule has 0 fully saturated rings. The molecule has 0 amide bonds. The van der Waals surface area contributed by atoms with Crippen LogP contribution in [-0.4, -0.2) is 27.1 Å². The maximum atomic E-state index is 8.26. The minimum Gasteiger partial charge on any atom is -0.487 e. The van der Waals surface area contributed by atoms with E-state index in [0.717, 1.165) is 0 Å². The Bertz CT molecular complexity index is 150. The second-order valence-corrected chi connectivity index (χ2v) is 2.12. The zero-order valence-electron chi connectivity index (χ0n) is 6.10. The summed E-state index contributed by atoms with van der Waals surface area (Å²) in [4.78, 5) is 0. The van der Waals surface area contributed by atoms with E-state index in [1.54, 1.807) is 6.08 Å². The number of aliphatic hydroxyl groups excluding tert-OH is 2. The van der Waals surface area contributed by atoms with Gasteiger partial charge in [0.1, 0.15) is 0 Å². The van der Waals surface area contributed by atoms with Gasteiger partial charge in [-0.3, -0.25) is 0 Å². The van der Waals surface area contributed by atoms with E-state index >= 15 is 0 Å². The van der Waals surface area contributed by atoms with Crippen molar-refractivity contribution in [2.45, 2.75) is 0 Å². The Labute approximate surface area is 91.8 Å². The van der Waals surface area contributed by atoms with Gasteiger partial charge >= 0.3 is 0 Å². The monoisotopic (exact) mass is 252 g/mol. The van der Waals surface area contributed by atoms with Crippen molar-refractivity contribution in [1.82, 2.24) is 5.32 Å². The number of nitrogens with one attached hydrogen (secondary N) is 1. The molecule has 0 rings (SSSR count). The van der Waals surface area contributed by atoms with E-state index in [-0.39, 0.29) is 21.7 Å². The molecule has 4 nitrogen and oxygen atoms in total. The topological polar surface area (TPSA) is 78.5 Å². The van der Waals surface area contributed by atoms with Gasteiger partial charge in [0.05, 0.1) is 0 Å². The largest absolute Gasteiger partial charge is 0.487 e. The Kier molecular flexibility index (Phi) is 19.4. The maximum Gasteiger partial charge on any atom is 0.254 e. The SMILES string of the molecule is C=CCNC(O)=S.NC(O)=S.[Ni]. The summed E-state index contributed by atoms with van der Waals surface area (Å²) in [5, 5.41) is 17.6. The molecule has 0 unspecified atom stereocenters. The molecule has 0 saturated heterocycles. The van der Waals surface area contributed by atoms with E-state index in [2.05, 4.69) is 42.1 Å². The minimum atomic E-state index is -0.500. The molecule has 7 heteroatoms. The first-order chi connectivity index (χ1) is 5.00. The predicted molar refractivity (Wildman–Crippen MR) is 52.8 cm³/mol. The van der Waals surface area contributed by atoms with Crippen molar-refractivity contribution in [2.75, 3.05) is 6.54 Å². The van der Waals surface area contributed by atoms with Crippen LogP contribution in [-0.2, 0) is 16.5 Å². The first kappa shape index (κ1) is 17.6. The van der Waals surface area contributed by atoms with Crippen LogP contribution in [0, 0.1) is 0 Å². The van der Waals surface area contributed by atoms with Crippen LogP contribution >= 0.6 is 24.4 Å². The molecule has 0 aromatic heterocycles. The third kappa shape index (κ3) is 54.6. The van der Waals surface area contributed by atoms with Gasteiger partial charge in [-0.15, -0.1) is 6.58 Å². The van der Waals surface area contributed by atoms with Gasteiger partial charge in [-0.05, 0) is 24.4 Å². The molecular weight excluding hydrogens is 243 g/mol. The van der Waals surface area contributed by atoms with Gasteiger partial charge in [0.25, 0.3) is 10.3 Å². The van der Waals surface area contributed by atoms with Gasteiger partial charge in [0.15, 0.2) is 0 Å². The molecule has 5 N–H and O–H groups in total. The van der Waals surface area contributed by atoms with Gasteiger partial charge in [-0.2, -0.15) is 0 Å². The fraction of sp³-hybridized carbons (Fsp3) is 0.200. The molecule has 12 heavy (non-hydrogen) atoms. The Morgan fingerprint density at radius 3 is 1.92 bits per heavy atom. The number of aliphatic hydroxyl groups is 2. The average Bonchev–Trinajstić information content (AvgIpc) is 1.82. The number of hydrogen-bond donors (Lipinski definition) is 4. The molecule has 0 aliphatic rings. The number of nitrogens with two attached hydrogens (primary N) is 1. The molecule has 0 spiro atoms. The normalized spacial score (nSPS) is 6.33. The second-order valence-electron chi connectivity index (χ2n) is 1.31. The van der Waals surface area contributed by atoms with Crippen LogP contribution in [0.2, 0.25) is 0 Å². The summed E-state index contributed by atoms with van der Waals surface area (Å²) >= 11 is 8.13. The van der Waals surface area contributed by atoms with Gasteiger partial charge in [0, 0.05) is 23.0 Å². The van der Waals surface area contributed by atoms with Crippen molar-refractivity contribution >= 4 is 34.8 Å². The zero-order valence-corrected chi connectivity index (χ0v) is 8.72. The Balaban J connectivity index is -0.000000142. The molecule has 0 aromatic rings. The van der Waals surface area contributed by atoms with E-state index in [1.807, 2.05) is 0 Å². The van der Waals surface area contributed by atoms with E-state index in [9.17, 15) is 0 Å². The number of hydrogen-bond acceptors (Lipinski definition) is 2. The Morgan fingerprint density at radius 2 is 1.83 bits per heavy atom. The van der Waals surface area contributed by atoms with E-state index < -0.39 is 5.17 Å². The second kappa shape index (κ2) is 13.2. The molecule has 0 aliphatic carbocycles. The summed E-state index contributed by atoms with van der Waals surface area (Å²) in [6, 6.07) is 0. The summed E-state index contributed by atoms with van der Waals surface area (Å²) in [6.45, 7) is 3.92. The number of thiocarbonyl (C=S) groups is 2. The third-order valence-corrected chi connectivity index (χ3v) is 0.542. The van der Waals surface area contributed by atoms with Gasteiger partial charge < -0.3 is 21.3 Å². The average molecular weight is 253 g/mol. The third-order valence-electron chi connectivity index (χ3n) is 0.398. The van der Waals surface area contributed by atoms with Crippen LogP contribution in [0.3, 0.4) is 0 Å². The molecule has 0 atom stereocenters. The molecule has 0 aliphatic heterocycles. The molecule has 0 radical (unpaired) electrons. The van der Waals surface area contributed by atoms with Crippen molar-refractivity contribution in [3.8, 4) is 0 Å². The summed E-state index contributed by atoms with van der Waals surface area (Å²) < 4.78 is 0. The smallest absolute Gasteiger partial charge is 0.254 e. The van der Waals surface area contributed by atoms with Crippen LogP contribution in [0.1, 0.15) is 0 Å². The predicted octanol–water partition coefficient (Wildman–Crippen LogP) is 0.390. The molecule has 0 aromatic carbocycles. The maximum absolute atomic E-state index is 8.26. The van der Waals surface area contributed by atoms with Crippen molar-refractivity contribution in [1.29, 1.82) is 0 Å². The van der Waals surface area contributed by atoms with Crippen molar-refractivity contribution < 1.29 is 26.7 Å². The summed E-state index contributed by atoms with van der Waals surface area (Å²) in [5.74, 6) is 0. The van der Waals surface area contributed by atoms with Crippen LogP contribution in [0.15, 0.2) is 12.7 Å². The first-order valence-corrected chi connectivity index (χ1v) is 3.38. The fourth-order valence-electron chi connectivity index (χ4n) is 0.159. The van der Waals surface area contributed by atoms with Gasteiger partial charge in [0.2, 0.25) is 0 Å². The minimum absolute atomic E-state index is 0. The van der Waals surface area contributed by atoms with E-state index in [0.29, 0.717) is 6.54 Å². The Morgan fingerprint density at radius 1 is 1.50 bits per heavy atom. The van der Waals surface area contributed by atoms with Crippen molar-refractivity contribution in [3.63, 3.8) is 0 Å². The summed E-state index contributed by atoms with van der Waals surface area (Å²) in [7, 11) is 0. The summed E-state index contributed by atoms with van der Waals surface area (Å²) in [5.41, 5.74) is 4.40. The molecule has 74 valence electrons. The van der Waals surface area contributed by atoms with Crippen LogP contribution in [0.5, 0.6) is 0 Å². The Hall–Kier alpha value is -0.386. The molecular formula is C5H10N2NiO2S2. The quantitative estimate of drug-likeness (QED) is 0.324. The molecule has 0 heterocycles. The fourth-order valence-corrected chi connectivity index (χ4v) is 0.243. The van der Waals surface area contributed by atoms with Crippen molar-refractivity contribution in [3.05, 3.63) is 12.7 Å². The standard InChI is InChI=1S/C4H7NOS.CH3NOS.Ni/c1-2-3-5-4(6)7;2-1(3)4;/h2H,1,3H2,(H2,5,6,7);(H3,2,3,4);. The summed E-state index contributed by atoms with van der Waals surface area (Å²) in [6.07, 6.45) is 1.61.